The number of carboxylic acids is 1. The molecule has 0 aliphatic rings. The zero-order valence-corrected chi connectivity index (χ0v) is 15.1. The zero-order valence-electron chi connectivity index (χ0n) is 15.1. The van der Waals surface area contributed by atoms with Gasteiger partial charge in [0.05, 0.1) is 24.4 Å². The first-order valence-electron chi connectivity index (χ1n) is 8.33. The second kappa shape index (κ2) is 9.99. The summed E-state index contributed by atoms with van der Waals surface area (Å²) in [6.07, 6.45) is 7.04. The molecule has 0 bridgehead atoms. The number of nitrogens with one attached hydrogen (secondary N) is 1. The smallest absolute Gasteiger partial charge is 0.335 e. The number of ether oxygens (including phenoxy) is 1. The van der Waals surface area contributed by atoms with Crippen molar-refractivity contribution in [1.82, 2.24) is 20.0 Å². The Morgan fingerprint density at radius 1 is 1.33 bits per heavy atom. The molecule has 2 aromatic rings. The monoisotopic (exact) mass is 370 g/mol. The third kappa shape index (κ3) is 6.17. The topological polar surface area (TPSA) is 96.7 Å². The fourth-order valence-electron chi connectivity index (χ4n) is 2.37. The quantitative estimate of drug-likeness (QED) is 0.653. The van der Waals surface area contributed by atoms with E-state index in [1.54, 1.807) is 35.0 Å². The average Bonchev–Trinajstić information content (AvgIpc) is 3.11. The Kier molecular flexibility index (Phi) is 7.40. The predicted molar refractivity (Wildman–Crippen MR) is 99.0 cm³/mol. The molecule has 1 aromatic carbocycles. The number of aromatic nitrogens is 2. The summed E-state index contributed by atoms with van der Waals surface area (Å²) in [6.45, 7) is 1.78. The Hall–Kier alpha value is -3.31. The van der Waals surface area contributed by atoms with Gasteiger partial charge in [-0.25, -0.2) is 9.59 Å². The van der Waals surface area contributed by atoms with Crippen molar-refractivity contribution in [1.29, 1.82) is 0 Å². The molecule has 2 amide bonds. The van der Waals surface area contributed by atoms with Gasteiger partial charge in [-0.15, -0.1) is 6.42 Å². The van der Waals surface area contributed by atoms with Crippen LogP contribution in [0, 0.1) is 12.3 Å². The van der Waals surface area contributed by atoms with Crippen LogP contribution in [0.15, 0.2) is 36.5 Å². The van der Waals surface area contributed by atoms with Crippen molar-refractivity contribution in [3.05, 3.63) is 53.3 Å². The van der Waals surface area contributed by atoms with Crippen molar-refractivity contribution in [3.63, 3.8) is 0 Å². The minimum Gasteiger partial charge on any atom is -0.478 e. The van der Waals surface area contributed by atoms with Crippen LogP contribution in [-0.4, -0.2) is 52.0 Å². The number of urea groups is 1. The number of carbonyl (C=O) groups is 2. The molecule has 8 nitrogen and oxygen atoms in total. The molecule has 0 aliphatic carbocycles. The first-order chi connectivity index (χ1) is 13.0. The zero-order chi connectivity index (χ0) is 19.6. The molecular weight excluding hydrogens is 348 g/mol. The highest BCUT2D eigenvalue weighted by molar-refractivity contribution is 5.87. The van der Waals surface area contributed by atoms with E-state index in [0.717, 1.165) is 11.3 Å². The van der Waals surface area contributed by atoms with Gasteiger partial charge >= 0.3 is 12.0 Å². The van der Waals surface area contributed by atoms with E-state index >= 15 is 0 Å². The second-order valence-electron chi connectivity index (χ2n) is 5.78. The number of terminal acetylenes is 1. The number of amides is 2. The average molecular weight is 370 g/mol. The van der Waals surface area contributed by atoms with Crippen molar-refractivity contribution in [2.75, 3.05) is 20.3 Å². The number of carbonyl (C=O) groups excluding carboxylic acids is 1. The van der Waals surface area contributed by atoms with Gasteiger partial charge in [0.1, 0.15) is 6.54 Å². The van der Waals surface area contributed by atoms with Crippen LogP contribution in [-0.2, 0) is 24.4 Å². The van der Waals surface area contributed by atoms with Gasteiger partial charge in [-0.2, -0.15) is 5.10 Å². The fraction of sp³-hybridized carbons (Fsp3) is 0.316. The van der Waals surface area contributed by atoms with Gasteiger partial charge in [-0.05, 0) is 23.8 Å². The predicted octanol–water partition coefficient (Wildman–Crippen LogP) is 1.57. The van der Waals surface area contributed by atoms with Crippen molar-refractivity contribution >= 4 is 12.0 Å². The Bertz CT molecular complexity index is 808. The molecule has 2 rings (SSSR count). The van der Waals surface area contributed by atoms with Crippen LogP contribution in [0.3, 0.4) is 0 Å². The van der Waals surface area contributed by atoms with Gasteiger partial charge in [0.25, 0.3) is 0 Å². The Labute approximate surface area is 157 Å². The maximum Gasteiger partial charge on any atom is 0.335 e. The van der Waals surface area contributed by atoms with Crippen molar-refractivity contribution < 1.29 is 19.4 Å². The lowest BCUT2D eigenvalue weighted by Gasteiger charge is -2.22. The Morgan fingerprint density at radius 2 is 2.07 bits per heavy atom. The molecule has 0 spiro atoms. The van der Waals surface area contributed by atoms with E-state index in [2.05, 4.69) is 16.3 Å². The molecule has 8 heteroatoms. The highest BCUT2D eigenvalue weighted by Crippen LogP contribution is 2.06. The van der Waals surface area contributed by atoms with Crippen molar-refractivity contribution in [2.45, 2.75) is 19.6 Å². The minimum atomic E-state index is -0.986. The number of hydrogen-bond donors (Lipinski definition) is 2. The lowest BCUT2D eigenvalue weighted by molar-refractivity contribution is 0.0697. The molecule has 27 heavy (non-hydrogen) atoms. The van der Waals surface area contributed by atoms with Gasteiger partial charge in [0.15, 0.2) is 0 Å². The van der Waals surface area contributed by atoms with E-state index in [1.807, 2.05) is 6.07 Å². The molecule has 0 unspecified atom stereocenters. The van der Waals surface area contributed by atoms with Crippen LogP contribution < -0.4 is 5.32 Å². The van der Waals surface area contributed by atoms with Crippen LogP contribution >= 0.6 is 0 Å². The largest absolute Gasteiger partial charge is 0.478 e. The lowest BCUT2D eigenvalue weighted by Crippen LogP contribution is -2.41. The van der Waals surface area contributed by atoms with E-state index in [0.29, 0.717) is 26.2 Å². The normalized spacial score (nSPS) is 10.2. The molecule has 0 saturated carbocycles. The summed E-state index contributed by atoms with van der Waals surface area (Å²) >= 11 is 0. The van der Waals surface area contributed by atoms with E-state index in [9.17, 15) is 9.59 Å². The van der Waals surface area contributed by atoms with Crippen LogP contribution in [0.4, 0.5) is 4.79 Å². The summed E-state index contributed by atoms with van der Waals surface area (Å²) in [5, 5.41) is 16.1. The van der Waals surface area contributed by atoms with Gasteiger partial charge in [0, 0.05) is 26.4 Å². The summed E-state index contributed by atoms with van der Waals surface area (Å²) in [5.41, 5.74) is 1.73. The van der Waals surface area contributed by atoms with E-state index < -0.39 is 5.97 Å². The van der Waals surface area contributed by atoms with Crippen LogP contribution in [0.2, 0.25) is 0 Å². The molecule has 1 aromatic heterocycles. The third-order valence-electron chi connectivity index (χ3n) is 3.80. The number of aromatic carboxylic acids is 1. The van der Waals surface area contributed by atoms with Crippen molar-refractivity contribution in [2.24, 2.45) is 0 Å². The highest BCUT2D eigenvalue weighted by Gasteiger charge is 2.15. The SMILES string of the molecule is C#CCn1ccc(CN(CCOC)C(=O)NCc2ccc(C(=O)O)cc2)n1. The number of benzene rings is 1. The molecule has 0 aliphatic heterocycles. The number of carboxylic acid groups (broad SMARTS) is 1. The maximum absolute atomic E-state index is 12.5. The first-order valence-corrected chi connectivity index (χ1v) is 8.33. The van der Waals surface area contributed by atoms with Crippen LogP contribution in [0.1, 0.15) is 21.6 Å². The standard InChI is InChI=1S/C19H22N4O4/c1-3-9-23-10-8-17(21-23)14-22(11-12-27-2)19(26)20-13-15-4-6-16(7-5-15)18(24)25/h1,4-8,10H,9,11-14H2,2H3,(H,20,26)(H,24,25). The number of rotatable bonds is 9. The Morgan fingerprint density at radius 3 is 2.70 bits per heavy atom. The molecule has 0 fully saturated rings. The minimum absolute atomic E-state index is 0.203. The summed E-state index contributed by atoms with van der Waals surface area (Å²) in [4.78, 5) is 25.0. The van der Waals surface area contributed by atoms with Gasteiger partial charge < -0.3 is 20.1 Å². The molecule has 0 saturated heterocycles. The summed E-state index contributed by atoms with van der Waals surface area (Å²) in [6, 6.07) is 7.90. The third-order valence-corrected chi connectivity index (χ3v) is 3.80. The van der Waals surface area contributed by atoms with Gasteiger partial charge in [-0.1, -0.05) is 18.1 Å². The molecule has 1 heterocycles. The van der Waals surface area contributed by atoms with E-state index in [4.69, 9.17) is 16.3 Å². The fourth-order valence-corrected chi connectivity index (χ4v) is 2.37. The van der Waals surface area contributed by atoms with Crippen molar-refractivity contribution in [3.8, 4) is 12.3 Å². The lowest BCUT2D eigenvalue weighted by atomic mass is 10.1. The van der Waals surface area contributed by atoms with Crippen LogP contribution in [0.5, 0.6) is 0 Å². The first kappa shape index (κ1) is 20.0. The molecular formula is C19H22N4O4. The van der Waals surface area contributed by atoms with Crippen LogP contribution in [0.25, 0.3) is 0 Å². The number of hydrogen-bond acceptors (Lipinski definition) is 4. The molecule has 2 N–H and O–H groups in total. The maximum atomic E-state index is 12.5. The second-order valence-corrected chi connectivity index (χ2v) is 5.78. The van der Waals surface area contributed by atoms with E-state index in [1.165, 1.54) is 12.1 Å². The number of methoxy groups -OCH3 is 1. The molecule has 0 atom stereocenters. The summed E-state index contributed by atoms with van der Waals surface area (Å²) < 4.78 is 6.70. The molecule has 0 radical (unpaired) electrons. The number of nitrogens with zero attached hydrogens (tertiary/aromatic N) is 3. The molecule has 142 valence electrons. The van der Waals surface area contributed by atoms with E-state index in [-0.39, 0.29) is 18.1 Å². The summed E-state index contributed by atoms with van der Waals surface area (Å²) in [5.74, 6) is 1.52. The Balaban J connectivity index is 1.96. The van der Waals surface area contributed by atoms with Gasteiger partial charge in [-0.3, -0.25) is 4.68 Å². The summed E-state index contributed by atoms with van der Waals surface area (Å²) in [7, 11) is 1.57. The van der Waals surface area contributed by atoms with Gasteiger partial charge in [0.2, 0.25) is 0 Å². The highest BCUT2D eigenvalue weighted by atomic mass is 16.5.